The molecule has 82 valence electrons. The van der Waals surface area contributed by atoms with Crippen LogP contribution in [0.2, 0.25) is 5.02 Å². The zero-order valence-electron chi connectivity index (χ0n) is 8.74. The zero-order chi connectivity index (χ0) is 11.7. The lowest BCUT2D eigenvalue weighted by molar-refractivity contribution is -0.137. The second kappa shape index (κ2) is 4.10. The van der Waals surface area contributed by atoms with Gasteiger partial charge in [-0.25, -0.2) is 0 Å². The second-order valence-corrected chi connectivity index (χ2v) is 4.12. The molecule has 1 aromatic rings. The number of halogens is 1. The Morgan fingerprint density at radius 3 is 2.62 bits per heavy atom. The predicted octanol–water partition coefficient (Wildman–Crippen LogP) is 2.16. The van der Waals surface area contributed by atoms with Crippen LogP contribution in [0, 0.1) is 0 Å². The van der Waals surface area contributed by atoms with Gasteiger partial charge in [-0.2, -0.15) is 0 Å². The molecule has 2 rings (SSSR count). The van der Waals surface area contributed by atoms with Gasteiger partial charge in [0.15, 0.2) is 0 Å². The van der Waals surface area contributed by atoms with Crippen LogP contribution in [0.3, 0.4) is 0 Å². The number of hydrogen-bond acceptors (Lipinski definition) is 2. The van der Waals surface area contributed by atoms with Crippen molar-refractivity contribution in [1.29, 1.82) is 0 Å². The first-order valence-corrected chi connectivity index (χ1v) is 5.24. The number of rotatable bonds is 2. The lowest BCUT2D eigenvalue weighted by Gasteiger charge is -2.14. The summed E-state index contributed by atoms with van der Waals surface area (Å²) in [7, 11) is 0. The first-order valence-electron chi connectivity index (χ1n) is 4.86. The summed E-state index contributed by atoms with van der Waals surface area (Å²) in [6.07, 6.45) is 1.35. The molecule has 0 aliphatic carbocycles. The summed E-state index contributed by atoms with van der Waals surface area (Å²) in [6.45, 7) is 1.91. The van der Waals surface area contributed by atoms with E-state index in [0.29, 0.717) is 10.6 Å². The van der Waals surface area contributed by atoms with Crippen molar-refractivity contribution in [3.63, 3.8) is 0 Å². The van der Waals surface area contributed by atoms with Crippen LogP contribution >= 0.6 is 11.6 Å². The molecule has 0 spiro atoms. The SMILES string of the molecule is CC1=CC(=O)N(Cc2cccc(Cl)c2)C1=O. The van der Waals surface area contributed by atoms with E-state index in [1.54, 1.807) is 25.1 Å². The lowest BCUT2D eigenvalue weighted by Crippen LogP contribution is -2.30. The fourth-order valence-corrected chi connectivity index (χ4v) is 1.82. The molecule has 4 heteroatoms. The average Bonchev–Trinajstić information content (AvgIpc) is 2.45. The van der Waals surface area contributed by atoms with Crippen molar-refractivity contribution < 1.29 is 9.59 Å². The van der Waals surface area contributed by atoms with Gasteiger partial charge in [0.1, 0.15) is 0 Å². The molecule has 0 unspecified atom stereocenters. The van der Waals surface area contributed by atoms with E-state index in [1.807, 2.05) is 6.07 Å². The van der Waals surface area contributed by atoms with Gasteiger partial charge in [-0.15, -0.1) is 0 Å². The first-order chi connectivity index (χ1) is 7.58. The molecule has 0 saturated heterocycles. The molecular weight excluding hydrogens is 226 g/mol. The molecule has 2 amide bonds. The van der Waals surface area contributed by atoms with Crippen molar-refractivity contribution in [1.82, 2.24) is 4.90 Å². The van der Waals surface area contributed by atoms with Crippen LogP contribution in [0.1, 0.15) is 12.5 Å². The third-order valence-corrected chi connectivity index (χ3v) is 2.65. The van der Waals surface area contributed by atoms with E-state index < -0.39 is 0 Å². The Hall–Kier alpha value is -1.61. The van der Waals surface area contributed by atoms with Crippen LogP contribution in [-0.4, -0.2) is 16.7 Å². The van der Waals surface area contributed by atoms with Crippen LogP contribution in [0.5, 0.6) is 0 Å². The normalized spacial score (nSPS) is 15.6. The summed E-state index contributed by atoms with van der Waals surface area (Å²) in [5, 5.41) is 0.598. The second-order valence-electron chi connectivity index (χ2n) is 3.69. The lowest BCUT2D eigenvalue weighted by atomic mass is 10.2. The van der Waals surface area contributed by atoms with Gasteiger partial charge in [0.05, 0.1) is 6.54 Å². The maximum absolute atomic E-state index is 11.6. The highest BCUT2D eigenvalue weighted by Crippen LogP contribution is 2.17. The average molecular weight is 236 g/mol. The Labute approximate surface area is 98.3 Å². The van der Waals surface area contributed by atoms with E-state index in [0.717, 1.165) is 5.56 Å². The van der Waals surface area contributed by atoms with Crippen LogP contribution < -0.4 is 0 Å². The van der Waals surface area contributed by atoms with Gasteiger partial charge in [0.2, 0.25) is 0 Å². The molecule has 1 heterocycles. The minimum atomic E-state index is -0.262. The predicted molar refractivity (Wildman–Crippen MR) is 60.8 cm³/mol. The molecule has 0 aromatic heterocycles. The summed E-state index contributed by atoms with van der Waals surface area (Å²) in [5.41, 5.74) is 1.32. The highest BCUT2D eigenvalue weighted by Gasteiger charge is 2.27. The molecule has 0 saturated carbocycles. The van der Waals surface area contributed by atoms with Crippen LogP contribution in [0.15, 0.2) is 35.9 Å². The Bertz CT molecular complexity index is 494. The number of benzene rings is 1. The van der Waals surface area contributed by atoms with Crippen LogP contribution in [0.4, 0.5) is 0 Å². The van der Waals surface area contributed by atoms with E-state index in [9.17, 15) is 9.59 Å². The third-order valence-electron chi connectivity index (χ3n) is 2.42. The number of carbonyl (C=O) groups is 2. The summed E-state index contributed by atoms with van der Waals surface area (Å²) in [6, 6.07) is 7.13. The highest BCUT2D eigenvalue weighted by atomic mass is 35.5. The molecule has 1 aromatic carbocycles. The maximum atomic E-state index is 11.6. The third kappa shape index (κ3) is 1.99. The van der Waals surface area contributed by atoms with Gasteiger partial charge >= 0.3 is 0 Å². The summed E-state index contributed by atoms with van der Waals surface area (Å²) < 4.78 is 0. The van der Waals surface area contributed by atoms with E-state index in [4.69, 9.17) is 11.6 Å². The maximum Gasteiger partial charge on any atom is 0.256 e. The summed E-state index contributed by atoms with van der Waals surface area (Å²) in [5.74, 6) is -0.493. The van der Waals surface area contributed by atoms with Crippen molar-refractivity contribution in [2.75, 3.05) is 0 Å². The minimum Gasteiger partial charge on any atom is -0.271 e. The number of amides is 2. The number of imide groups is 1. The van der Waals surface area contributed by atoms with Gasteiger partial charge in [-0.1, -0.05) is 23.7 Å². The van der Waals surface area contributed by atoms with Gasteiger partial charge in [0, 0.05) is 16.7 Å². The molecule has 0 fully saturated rings. The van der Waals surface area contributed by atoms with Crippen molar-refractivity contribution in [2.24, 2.45) is 0 Å². The van der Waals surface area contributed by atoms with Crippen molar-refractivity contribution in [3.8, 4) is 0 Å². The zero-order valence-corrected chi connectivity index (χ0v) is 9.49. The highest BCUT2D eigenvalue weighted by molar-refractivity contribution is 6.30. The fourth-order valence-electron chi connectivity index (χ4n) is 1.61. The Morgan fingerprint density at radius 1 is 1.31 bits per heavy atom. The molecule has 1 aliphatic heterocycles. The number of carbonyl (C=O) groups excluding carboxylic acids is 2. The largest absolute Gasteiger partial charge is 0.271 e. The standard InChI is InChI=1S/C12H10ClNO2/c1-8-5-11(15)14(12(8)16)7-9-3-2-4-10(13)6-9/h2-6H,7H2,1H3. The topological polar surface area (TPSA) is 37.4 Å². The van der Waals surface area contributed by atoms with Gasteiger partial charge in [-0.3, -0.25) is 14.5 Å². The number of hydrogen-bond donors (Lipinski definition) is 0. The van der Waals surface area contributed by atoms with Crippen LogP contribution in [0.25, 0.3) is 0 Å². The van der Waals surface area contributed by atoms with Crippen molar-refractivity contribution >= 4 is 23.4 Å². The van der Waals surface area contributed by atoms with Gasteiger partial charge < -0.3 is 0 Å². The molecule has 0 atom stereocenters. The molecule has 1 aliphatic rings. The molecular formula is C12H10ClNO2. The molecule has 0 N–H and O–H groups in total. The first kappa shape index (κ1) is 10.9. The Kier molecular flexibility index (Phi) is 2.79. The molecule has 3 nitrogen and oxygen atoms in total. The van der Waals surface area contributed by atoms with E-state index in [-0.39, 0.29) is 18.4 Å². The van der Waals surface area contributed by atoms with Crippen LogP contribution in [-0.2, 0) is 16.1 Å². The van der Waals surface area contributed by atoms with E-state index in [1.165, 1.54) is 11.0 Å². The Balaban J connectivity index is 2.18. The fraction of sp³-hybridized carbons (Fsp3) is 0.167. The monoisotopic (exact) mass is 235 g/mol. The van der Waals surface area contributed by atoms with E-state index in [2.05, 4.69) is 0 Å². The van der Waals surface area contributed by atoms with Gasteiger partial charge in [-0.05, 0) is 24.6 Å². The Morgan fingerprint density at radius 2 is 2.06 bits per heavy atom. The summed E-state index contributed by atoms with van der Waals surface area (Å²) >= 11 is 5.83. The van der Waals surface area contributed by atoms with Gasteiger partial charge in [0.25, 0.3) is 11.8 Å². The van der Waals surface area contributed by atoms with Crippen molar-refractivity contribution in [2.45, 2.75) is 13.5 Å². The minimum absolute atomic E-state index is 0.232. The molecule has 16 heavy (non-hydrogen) atoms. The smallest absolute Gasteiger partial charge is 0.256 e. The van der Waals surface area contributed by atoms with E-state index >= 15 is 0 Å². The quantitative estimate of drug-likeness (QED) is 0.737. The summed E-state index contributed by atoms with van der Waals surface area (Å²) in [4.78, 5) is 24.3. The van der Waals surface area contributed by atoms with Crippen molar-refractivity contribution in [3.05, 3.63) is 46.5 Å². The molecule has 0 bridgehead atoms. The number of nitrogens with zero attached hydrogens (tertiary/aromatic N) is 1. The molecule has 0 radical (unpaired) electrons.